The monoisotopic (exact) mass is 445 g/mol. The predicted molar refractivity (Wildman–Crippen MR) is 123 cm³/mol. The minimum absolute atomic E-state index is 0.0309. The topological polar surface area (TPSA) is 87.7 Å². The number of carbonyl (C=O) groups excluding carboxylic acids is 1. The molecule has 2 aromatic rings. The summed E-state index contributed by atoms with van der Waals surface area (Å²) in [6.07, 6.45) is 0.399. The van der Waals surface area contributed by atoms with E-state index in [0.29, 0.717) is 11.3 Å². The first-order valence-electron chi connectivity index (χ1n) is 10.5. The molecule has 2 aromatic carbocycles. The molecule has 1 heterocycles. The summed E-state index contributed by atoms with van der Waals surface area (Å²) in [5.74, 6) is -0.246. The summed E-state index contributed by atoms with van der Waals surface area (Å²) < 4.78 is 33.2. The zero-order valence-electron chi connectivity index (χ0n) is 18.5. The summed E-state index contributed by atoms with van der Waals surface area (Å²) in [6.45, 7) is 9.49. The zero-order valence-corrected chi connectivity index (χ0v) is 19.3. The molecule has 31 heavy (non-hydrogen) atoms. The second-order valence-electron chi connectivity index (χ2n) is 8.17. The van der Waals surface area contributed by atoms with Crippen molar-refractivity contribution < 1.29 is 17.9 Å². The van der Waals surface area contributed by atoms with Crippen molar-refractivity contribution in [3.05, 3.63) is 53.6 Å². The Kier molecular flexibility index (Phi) is 7.35. The molecule has 0 saturated carbocycles. The van der Waals surface area contributed by atoms with Crippen LogP contribution >= 0.6 is 0 Å². The highest BCUT2D eigenvalue weighted by Crippen LogP contribution is 2.22. The second-order valence-corrected chi connectivity index (χ2v) is 9.91. The highest BCUT2D eigenvalue weighted by molar-refractivity contribution is 7.89. The molecule has 2 atom stereocenters. The Bertz CT molecular complexity index is 1010. The van der Waals surface area contributed by atoms with E-state index in [0.717, 1.165) is 24.3 Å². The first-order chi connectivity index (χ1) is 14.6. The molecule has 0 aliphatic carbocycles. The van der Waals surface area contributed by atoms with Gasteiger partial charge in [-0.15, -0.1) is 0 Å². The van der Waals surface area contributed by atoms with Crippen molar-refractivity contribution in [2.75, 3.05) is 29.9 Å². The van der Waals surface area contributed by atoms with Gasteiger partial charge in [-0.25, -0.2) is 13.1 Å². The first-order valence-corrected chi connectivity index (χ1v) is 12.0. The van der Waals surface area contributed by atoms with Crippen LogP contribution in [0.1, 0.15) is 31.4 Å². The molecular formula is C23H31N3O4S. The lowest BCUT2D eigenvalue weighted by atomic mass is 10.2. The van der Waals surface area contributed by atoms with Gasteiger partial charge in [-0.3, -0.25) is 4.79 Å². The Morgan fingerprint density at radius 2 is 1.71 bits per heavy atom. The molecule has 0 bridgehead atoms. The average Bonchev–Trinajstić information content (AvgIpc) is 2.67. The molecule has 0 radical (unpaired) electrons. The van der Waals surface area contributed by atoms with Gasteiger partial charge in [0.15, 0.2) is 0 Å². The number of amides is 1. The molecule has 1 amide bonds. The molecule has 8 heteroatoms. The van der Waals surface area contributed by atoms with Gasteiger partial charge < -0.3 is 15.0 Å². The molecule has 0 aromatic heterocycles. The highest BCUT2D eigenvalue weighted by Gasteiger charge is 2.22. The summed E-state index contributed by atoms with van der Waals surface area (Å²) in [4.78, 5) is 14.8. The van der Waals surface area contributed by atoms with Crippen molar-refractivity contribution >= 4 is 27.3 Å². The van der Waals surface area contributed by atoms with Crippen LogP contribution in [0.25, 0.3) is 0 Å². The Balaban J connectivity index is 1.50. The fourth-order valence-electron chi connectivity index (χ4n) is 3.85. The van der Waals surface area contributed by atoms with Gasteiger partial charge in [-0.1, -0.05) is 17.7 Å². The largest absolute Gasteiger partial charge is 0.372 e. The standard InChI is InChI=1S/C23H31N3O4S/c1-16-5-10-22(17(2)13-16)31(28,29)24-12-11-23(27)25-20-6-8-21(9-7-20)26-14-18(3)30-19(4)15-26/h5-10,13,18-19,24H,11-12,14-15H2,1-4H3,(H,25,27). The van der Waals surface area contributed by atoms with Crippen molar-refractivity contribution in [3.63, 3.8) is 0 Å². The molecule has 168 valence electrons. The summed E-state index contributed by atoms with van der Waals surface area (Å²) in [5, 5.41) is 2.82. The number of sulfonamides is 1. The van der Waals surface area contributed by atoms with E-state index in [9.17, 15) is 13.2 Å². The van der Waals surface area contributed by atoms with Gasteiger partial charge in [0.25, 0.3) is 0 Å². The zero-order chi connectivity index (χ0) is 22.6. The van der Waals surface area contributed by atoms with Crippen LogP contribution in [0, 0.1) is 13.8 Å². The molecule has 2 N–H and O–H groups in total. The molecule has 7 nitrogen and oxygen atoms in total. The van der Waals surface area contributed by atoms with Crippen LogP contribution in [-0.4, -0.2) is 46.2 Å². The SMILES string of the molecule is Cc1ccc(S(=O)(=O)NCCC(=O)Nc2ccc(N3CC(C)OC(C)C3)cc2)c(C)c1. The van der Waals surface area contributed by atoms with Crippen molar-refractivity contribution in [1.29, 1.82) is 0 Å². The smallest absolute Gasteiger partial charge is 0.240 e. The van der Waals surface area contributed by atoms with E-state index in [4.69, 9.17) is 4.74 Å². The number of hydrogen-bond donors (Lipinski definition) is 2. The number of carbonyl (C=O) groups is 1. The lowest BCUT2D eigenvalue weighted by molar-refractivity contribution is -0.116. The third-order valence-corrected chi connectivity index (χ3v) is 6.82. The fourth-order valence-corrected chi connectivity index (χ4v) is 5.10. The van der Waals surface area contributed by atoms with E-state index in [2.05, 4.69) is 28.8 Å². The Morgan fingerprint density at radius 1 is 1.06 bits per heavy atom. The molecule has 2 unspecified atom stereocenters. The molecule has 3 rings (SSSR count). The fraction of sp³-hybridized carbons (Fsp3) is 0.435. The van der Waals surface area contributed by atoms with Gasteiger partial charge >= 0.3 is 0 Å². The van der Waals surface area contributed by atoms with Crippen molar-refractivity contribution in [1.82, 2.24) is 4.72 Å². The van der Waals surface area contributed by atoms with E-state index in [1.807, 2.05) is 37.3 Å². The Hall–Kier alpha value is -2.42. The number of hydrogen-bond acceptors (Lipinski definition) is 5. The van der Waals surface area contributed by atoms with Crippen LogP contribution in [0.2, 0.25) is 0 Å². The lowest BCUT2D eigenvalue weighted by Crippen LogP contribution is -2.45. The number of nitrogens with zero attached hydrogens (tertiary/aromatic N) is 1. The minimum Gasteiger partial charge on any atom is -0.372 e. The van der Waals surface area contributed by atoms with Gasteiger partial charge in [0, 0.05) is 37.4 Å². The van der Waals surface area contributed by atoms with Crippen LogP contribution in [0.5, 0.6) is 0 Å². The van der Waals surface area contributed by atoms with Crippen LogP contribution in [0.3, 0.4) is 0 Å². The Morgan fingerprint density at radius 3 is 2.32 bits per heavy atom. The second kappa shape index (κ2) is 9.80. The van der Waals surface area contributed by atoms with Crippen LogP contribution in [0.4, 0.5) is 11.4 Å². The van der Waals surface area contributed by atoms with Gasteiger partial charge in [0.05, 0.1) is 17.1 Å². The van der Waals surface area contributed by atoms with E-state index in [1.165, 1.54) is 0 Å². The summed E-state index contributed by atoms with van der Waals surface area (Å²) in [6, 6.07) is 12.8. The van der Waals surface area contributed by atoms with Crippen molar-refractivity contribution in [3.8, 4) is 0 Å². The quantitative estimate of drug-likeness (QED) is 0.683. The van der Waals surface area contributed by atoms with Crippen LogP contribution in [-0.2, 0) is 19.6 Å². The Labute approximate surface area is 184 Å². The summed E-state index contributed by atoms with van der Waals surface area (Å²) >= 11 is 0. The number of aryl methyl sites for hydroxylation is 2. The van der Waals surface area contributed by atoms with Gasteiger partial charge in [0.2, 0.25) is 15.9 Å². The molecular weight excluding hydrogens is 414 g/mol. The average molecular weight is 446 g/mol. The van der Waals surface area contributed by atoms with Gasteiger partial charge in [-0.2, -0.15) is 0 Å². The van der Waals surface area contributed by atoms with Crippen LogP contribution in [0.15, 0.2) is 47.4 Å². The van der Waals surface area contributed by atoms with Crippen molar-refractivity contribution in [2.45, 2.75) is 51.2 Å². The van der Waals surface area contributed by atoms with E-state index < -0.39 is 10.0 Å². The normalized spacial score (nSPS) is 19.3. The molecule has 1 aliphatic rings. The summed E-state index contributed by atoms with van der Waals surface area (Å²) in [7, 11) is -3.65. The van der Waals surface area contributed by atoms with E-state index in [-0.39, 0.29) is 36.0 Å². The number of ether oxygens (including phenoxy) is 1. The number of anilines is 2. The number of morpholine rings is 1. The minimum atomic E-state index is -3.65. The molecule has 1 aliphatic heterocycles. The van der Waals surface area contributed by atoms with Crippen molar-refractivity contribution in [2.24, 2.45) is 0 Å². The molecule has 1 fully saturated rings. The van der Waals surface area contributed by atoms with Crippen LogP contribution < -0.4 is 14.9 Å². The summed E-state index contributed by atoms with van der Waals surface area (Å²) in [5.41, 5.74) is 3.45. The number of rotatable bonds is 7. The van der Waals surface area contributed by atoms with E-state index >= 15 is 0 Å². The predicted octanol–water partition coefficient (Wildman–Crippen LogP) is 3.22. The molecule has 1 saturated heterocycles. The van der Waals surface area contributed by atoms with E-state index in [1.54, 1.807) is 19.1 Å². The lowest BCUT2D eigenvalue weighted by Gasteiger charge is -2.36. The number of benzene rings is 2. The van der Waals surface area contributed by atoms with Gasteiger partial charge in [0.1, 0.15) is 0 Å². The molecule has 0 spiro atoms. The maximum Gasteiger partial charge on any atom is 0.240 e. The maximum atomic E-state index is 12.5. The first kappa shape index (κ1) is 23.2. The maximum absolute atomic E-state index is 12.5. The third-order valence-electron chi connectivity index (χ3n) is 5.20. The van der Waals surface area contributed by atoms with Gasteiger partial charge in [-0.05, 0) is 63.6 Å². The third kappa shape index (κ3) is 6.29. The highest BCUT2D eigenvalue weighted by atomic mass is 32.2. The number of nitrogens with one attached hydrogen (secondary N) is 2.